The van der Waals surface area contributed by atoms with Crippen LogP contribution in [0.4, 0.5) is 10.5 Å². The molecule has 0 aromatic heterocycles. The zero-order chi connectivity index (χ0) is 15.7. The molecule has 21 heavy (non-hydrogen) atoms. The summed E-state index contributed by atoms with van der Waals surface area (Å²) in [7, 11) is 1.57. The number of urea groups is 1. The van der Waals surface area contributed by atoms with E-state index in [-0.39, 0.29) is 12.1 Å². The Morgan fingerprint density at radius 3 is 2.76 bits per heavy atom. The number of carbonyl (C=O) groups excluding carboxylic acids is 1. The van der Waals surface area contributed by atoms with Crippen LogP contribution >= 0.6 is 0 Å². The van der Waals surface area contributed by atoms with Gasteiger partial charge in [-0.1, -0.05) is 13.0 Å². The lowest BCUT2D eigenvalue weighted by molar-refractivity contribution is -0.139. The number of benzene rings is 1. The number of hydrogen-bond donors (Lipinski definition) is 3. The fourth-order valence-electron chi connectivity index (χ4n) is 1.62. The summed E-state index contributed by atoms with van der Waals surface area (Å²) in [6.45, 7) is 1.96. The highest BCUT2D eigenvalue weighted by molar-refractivity contribution is 5.89. The van der Waals surface area contributed by atoms with Gasteiger partial charge in [0, 0.05) is 18.9 Å². The summed E-state index contributed by atoms with van der Waals surface area (Å²) in [5.41, 5.74) is 0.516. The van der Waals surface area contributed by atoms with Crippen molar-refractivity contribution in [2.24, 2.45) is 0 Å². The van der Waals surface area contributed by atoms with E-state index in [1.54, 1.807) is 31.4 Å². The van der Waals surface area contributed by atoms with Gasteiger partial charge in [0.05, 0.1) is 12.6 Å². The van der Waals surface area contributed by atoms with Gasteiger partial charge in [0.15, 0.2) is 6.61 Å². The third kappa shape index (κ3) is 6.62. The smallest absolute Gasteiger partial charge is 0.341 e. The van der Waals surface area contributed by atoms with Gasteiger partial charge in [0.25, 0.3) is 0 Å². The second kappa shape index (κ2) is 8.80. The van der Waals surface area contributed by atoms with Crippen molar-refractivity contribution in [3.8, 4) is 5.75 Å². The number of nitrogens with one attached hydrogen (secondary N) is 2. The van der Waals surface area contributed by atoms with E-state index in [1.807, 2.05) is 6.92 Å². The molecule has 1 aromatic carbocycles. The normalized spacial score (nSPS) is 11.5. The van der Waals surface area contributed by atoms with Crippen molar-refractivity contribution < 1.29 is 24.2 Å². The lowest BCUT2D eigenvalue weighted by atomic mass is 10.2. The minimum absolute atomic E-state index is 0.0681. The van der Waals surface area contributed by atoms with Crippen LogP contribution in [0.1, 0.15) is 13.3 Å². The zero-order valence-corrected chi connectivity index (χ0v) is 12.1. The molecular formula is C14H20N2O5. The maximum absolute atomic E-state index is 11.8. The lowest BCUT2D eigenvalue weighted by Crippen LogP contribution is -2.40. The number of ether oxygens (including phenoxy) is 2. The highest BCUT2D eigenvalue weighted by Gasteiger charge is 2.10. The third-order valence-corrected chi connectivity index (χ3v) is 2.65. The van der Waals surface area contributed by atoms with Crippen LogP contribution in [0, 0.1) is 0 Å². The number of carbonyl (C=O) groups is 2. The van der Waals surface area contributed by atoms with E-state index in [1.165, 1.54) is 0 Å². The van der Waals surface area contributed by atoms with Gasteiger partial charge in [-0.15, -0.1) is 0 Å². The van der Waals surface area contributed by atoms with Crippen LogP contribution in [0.15, 0.2) is 24.3 Å². The number of hydrogen-bond acceptors (Lipinski definition) is 4. The van der Waals surface area contributed by atoms with Gasteiger partial charge >= 0.3 is 12.0 Å². The number of rotatable bonds is 8. The molecule has 2 amide bonds. The average molecular weight is 296 g/mol. The second-order valence-electron chi connectivity index (χ2n) is 4.37. The van der Waals surface area contributed by atoms with Crippen molar-refractivity contribution in [1.29, 1.82) is 0 Å². The van der Waals surface area contributed by atoms with E-state index in [0.29, 0.717) is 18.0 Å². The summed E-state index contributed by atoms with van der Waals surface area (Å²) in [6, 6.07) is 6.10. The van der Waals surface area contributed by atoms with Gasteiger partial charge in [-0.2, -0.15) is 0 Å². The standard InChI is InChI=1S/C14H20N2O5/c1-3-10(8-20-2)15-14(19)16-11-5-4-6-12(7-11)21-9-13(17)18/h4-7,10H,3,8-9H2,1-2H3,(H,17,18)(H2,15,16,19). The van der Waals surface area contributed by atoms with Gasteiger partial charge in [0.2, 0.25) is 0 Å². The number of aliphatic carboxylic acids is 1. The first-order valence-corrected chi connectivity index (χ1v) is 6.56. The Labute approximate surface area is 123 Å². The van der Waals surface area contributed by atoms with E-state index < -0.39 is 12.6 Å². The number of carboxylic acids is 1. The highest BCUT2D eigenvalue weighted by Crippen LogP contribution is 2.17. The summed E-state index contributed by atoms with van der Waals surface area (Å²) < 4.78 is 10.0. The molecular weight excluding hydrogens is 276 g/mol. The first-order valence-electron chi connectivity index (χ1n) is 6.56. The minimum Gasteiger partial charge on any atom is -0.482 e. The molecule has 0 heterocycles. The molecule has 0 aliphatic rings. The van der Waals surface area contributed by atoms with Crippen LogP contribution in [0.2, 0.25) is 0 Å². The molecule has 116 valence electrons. The quantitative estimate of drug-likeness (QED) is 0.678. The topological polar surface area (TPSA) is 96.9 Å². The fourth-order valence-corrected chi connectivity index (χ4v) is 1.62. The van der Waals surface area contributed by atoms with Crippen LogP contribution in [0.5, 0.6) is 5.75 Å². The first kappa shape index (κ1) is 16.8. The van der Waals surface area contributed by atoms with E-state index in [2.05, 4.69) is 10.6 Å². The summed E-state index contributed by atoms with van der Waals surface area (Å²) in [5.74, 6) is -0.685. The molecule has 0 radical (unpaired) electrons. The van der Waals surface area contributed by atoms with Gasteiger partial charge in [-0.05, 0) is 18.6 Å². The van der Waals surface area contributed by atoms with Crippen molar-refractivity contribution in [3.63, 3.8) is 0 Å². The number of carboxylic acid groups (broad SMARTS) is 1. The van der Waals surface area contributed by atoms with E-state index in [4.69, 9.17) is 14.6 Å². The van der Waals surface area contributed by atoms with Crippen molar-refractivity contribution >= 4 is 17.7 Å². The molecule has 3 N–H and O–H groups in total. The van der Waals surface area contributed by atoms with Crippen LogP contribution < -0.4 is 15.4 Å². The van der Waals surface area contributed by atoms with Crippen LogP contribution in [-0.4, -0.2) is 43.5 Å². The minimum atomic E-state index is -1.06. The van der Waals surface area contributed by atoms with Gasteiger partial charge < -0.3 is 25.2 Å². The maximum atomic E-state index is 11.8. The zero-order valence-electron chi connectivity index (χ0n) is 12.1. The van der Waals surface area contributed by atoms with Crippen LogP contribution in [0.3, 0.4) is 0 Å². The van der Waals surface area contributed by atoms with E-state index in [0.717, 1.165) is 6.42 Å². The van der Waals surface area contributed by atoms with Crippen molar-refractivity contribution in [3.05, 3.63) is 24.3 Å². The van der Waals surface area contributed by atoms with E-state index in [9.17, 15) is 9.59 Å². The van der Waals surface area contributed by atoms with Gasteiger partial charge in [-0.25, -0.2) is 9.59 Å². The maximum Gasteiger partial charge on any atom is 0.341 e. The Bertz CT molecular complexity index is 478. The molecule has 1 rings (SSSR count). The summed E-state index contributed by atoms with van der Waals surface area (Å²) in [6.07, 6.45) is 0.753. The average Bonchev–Trinajstić information content (AvgIpc) is 2.45. The third-order valence-electron chi connectivity index (χ3n) is 2.65. The molecule has 1 aromatic rings. The second-order valence-corrected chi connectivity index (χ2v) is 4.37. The predicted molar refractivity (Wildman–Crippen MR) is 77.7 cm³/mol. The van der Waals surface area contributed by atoms with Crippen molar-refractivity contribution in [1.82, 2.24) is 5.32 Å². The van der Waals surface area contributed by atoms with E-state index >= 15 is 0 Å². The number of anilines is 1. The number of methoxy groups -OCH3 is 1. The summed E-state index contributed by atoms with van der Waals surface area (Å²) >= 11 is 0. The molecule has 0 saturated carbocycles. The molecule has 0 bridgehead atoms. The highest BCUT2D eigenvalue weighted by atomic mass is 16.5. The predicted octanol–water partition coefficient (Wildman–Crippen LogP) is 1.70. The summed E-state index contributed by atoms with van der Waals surface area (Å²) in [5, 5.41) is 14.0. The monoisotopic (exact) mass is 296 g/mol. The van der Waals surface area contributed by atoms with Gasteiger partial charge in [-0.3, -0.25) is 0 Å². The molecule has 1 unspecified atom stereocenters. The van der Waals surface area contributed by atoms with Crippen LogP contribution in [-0.2, 0) is 9.53 Å². The molecule has 0 fully saturated rings. The Hall–Kier alpha value is -2.28. The molecule has 0 aliphatic heterocycles. The Morgan fingerprint density at radius 2 is 2.14 bits per heavy atom. The molecule has 7 nitrogen and oxygen atoms in total. The lowest BCUT2D eigenvalue weighted by Gasteiger charge is -2.16. The van der Waals surface area contributed by atoms with Crippen molar-refractivity contribution in [2.45, 2.75) is 19.4 Å². The largest absolute Gasteiger partial charge is 0.482 e. The molecule has 1 atom stereocenters. The van der Waals surface area contributed by atoms with Crippen molar-refractivity contribution in [2.75, 3.05) is 25.6 Å². The summed E-state index contributed by atoms with van der Waals surface area (Å²) in [4.78, 5) is 22.3. The first-order chi connectivity index (χ1) is 10.0. The molecule has 0 saturated heterocycles. The molecule has 7 heteroatoms. The SMILES string of the molecule is CCC(COC)NC(=O)Nc1cccc(OCC(=O)O)c1. The van der Waals surface area contributed by atoms with Crippen LogP contribution in [0.25, 0.3) is 0 Å². The Morgan fingerprint density at radius 1 is 1.38 bits per heavy atom. The fraction of sp³-hybridized carbons (Fsp3) is 0.429. The Balaban J connectivity index is 2.55. The number of amides is 2. The molecule has 0 aliphatic carbocycles. The van der Waals surface area contributed by atoms with Gasteiger partial charge in [0.1, 0.15) is 5.75 Å². The molecule has 0 spiro atoms. The Kier molecular flexibility index (Phi) is 7.03.